The lowest BCUT2D eigenvalue weighted by molar-refractivity contribution is -0.384. The number of carbonyl (C=O) groups excluding carboxylic acids is 1. The molecule has 0 saturated heterocycles. The minimum atomic E-state index is -1.11. The molecule has 0 atom stereocenters. The van der Waals surface area contributed by atoms with Gasteiger partial charge in [0.2, 0.25) is 0 Å². The Labute approximate surface area is 164 Å². The highest BCUT2D eigenvalue weighted by Crippen LogP contribution is 2.34. The Hall–Kier alpha value is -3.13. The molecule has 1 amide bonds. The van der Waals surface area contributed by atoms with Gasteiger partial charge in [-0.2, -0.15) is 0 Å². The van der Waals surface area contributed by atoms with Crippen molar-refractivity contribution >= 4 is 11.6 Å². The number of hydrogen-bond donors (Lipinski definition) is 1. The predicted octanol–water partition coefficient (Wildman–Crippen LogP) is 3.22. The van der Waals surface area contributed by atoms with Crippen LogP contribution in [0.2, 0.25) is 0 Å². The summed E-state index contributed by atoms with van der Waals surface area (Å²) in [5.74, 6) is 0.994. The third-order valence-electron chi connectivity index (χ3n) is 3.88. The number of para-hydroxylation sites is 2. The first-order chi connectivity index (χ1) is 13.2. The number of benzene rings is 2. The number of carbonyl (C=O) groups is 1. The normalized spacial score (nSPS) is 11.2. The fourth-order valence-corrected chi connectivity index (χ4v) is 2.31. The molecule has 1 N–H and O–H groups in total. The summed E-state index contributed by atoms with van der Waals surface area (Å²) in [7, 11) is 3.86. The molecule has 0 aliphatic carbocycles. The van der Waals surface area contributed by atoms with Crippen LogP contribution in [0.1, 0.15) is 13.8 Å². The van der Waals surface area contributed by atoms with Crippen molar-refractivity contribution in [2.75, 3.05) is 27.2 Å². The van der Waals surface area contributed by atoms with Crippen LogP contribution in [-0.4, -0.2) is 48.5 Å². The zero-order valence-electron chi connectivity index (χ0n) is 16.5. The van der Waals surface area contributed by atoms with E-state index in [9.17, 15) is 14.9 Å². The van der Waals surface area contributed by atoms with Crippen LogP contribution >= 0.6 is 0 Å². The lowest BCUT2D eigenvalue weighted by Gasteiger charge is -2.26. The average molecular weight is 387 g/mol. The van der Waals surface area contributed by atoms with Gasteiger partial charge < -0.3 is 19.7 Å². The second kappa shape index (κ2) is 9.18. The molecule has 8 heteroatoms. The number of likely N-dealkylation sites (N-methyl/N-ethyl adjacent to an activating group) is 1. The van der Waals surface area contributed by atoms with Crippen LogP contribution in [0.25, 0.3) is 0 Å². The molecule has 0 aromatic heterocycles. The lowest BCUT2D eigenvalue weighted by atomic mass is 10.1. The number of nitrogens with one attached hydrogen (secondary N) is 1. The SMILES string of the molecule is CN(C)CCNC(=O)C(C)(C)Oc1ccccc1Oc1ccc([N+](=O)[O-])cc1. The van der Waals surface area contributed by atoms with Gasteiger partial charge in [-0.05, 0) is 52.2 Å². The van der Waals surface area contributed by atoms with Gasteiger partial charge in [-0.15, -0.1) is 0 Å². The standard InChI is InChI=1S/C20H25N3O5/c1-20(2,19(24)21-13-14-22(3)4)28-18-8-6-5-7-17(18)27-16-11-9-15(10-12-16)23(25)26/h5-12H,13-14H2,1-4H3,(H,21,24). The molecular weight excluding hydrogens is 362 g/mol. The van der Waals surface area contributed by atoms with Crippen LogP contribution in [0.5, 0.6) is 17.2 Å². The smallest absolute Gasteiger partial charge is 0.269 e. The highest BCUT2D eigenvalue weighted by atomic mass is 16.6. The van der Waals surface area contributed by atoms with Crippen molar-refractivity contribution in [2.24, 2.45) is 0 Å². The van der Waals surface area contributed by atoms with Gasteiger partial charge >= 0.3 is 0 Å². The molecule has 0 spiro atoms. The van der Waals surface area contributed by atoms with E-state index in [4.69, 9.17) is 9.47 Å². The molecule has 0 aliphatic rings. The molecule has 0 saturated carbocycles. The van der Waals surface area contributed by atoms with E-state index in [-0.39, 0.29) is 11.6 Å². The summed E-state index contributed by atoms with van der Waals surface area (Å²) >= 11 is 0. The molecule has 2 aromatic carbocycles. The predicted molar refractivity (Wildman–Crippen MR) is 106 cm³/mol. The number of rotatable bonds is 9. The lowest BCUT2D eigenvalue weighted by Crippen LogP contribution is -2.48. The van der Waals surface area contributed by atoms with Crippen LogP contribution in [0.15, 0.2) is 48.5 Å². The third-order valence-corrected chi connectivity index (χ3v) is 3.88. The minimum absolute atomic E-state index is 0.0209. The Balaban J connectivity index is 2.10. The van der Waals surface area contributed by atoms with Crippen molar-refractivity contribution in [3.8, 4) is 17.2 Å². The molecule has 2 aromatic rings. The first kappa shape index (κ1) is 21.2. The maximum absolute atomic E-state index is 12.5. The molecule has 0 radical (unpaired) electrons. The molecule has 0 aliphatic heterocycles. The maximum Gasteiger partial charge on any atom is 0.269 e. The minimum Gasteiger partial charge on any atom is -0.474 e. The van der Waals surface area contributed by atoms with E-state index in [2.05, 4.69) is 5.32 Å². The number of nitro benzene ring substituents is 1. The molecule has 0 bridgehead atoms. The topological polar surface area (TPSA) is 93.9 Å². The zero-order chi connectivity index (χ0) is 20.7. The second-order valence-corrected chi connectivity index (χ2v) is 6.97. The number of nitro groups is 1. The zero-order valence-corrected chi connectivity index (χ0v) is 16.5. The van der Waals surface area contributed by atoms with E-state index in [1.165, 1.54) is 24.3 Å². The first-order valence-corrected chi connectivity index (χ1v) is 8.82. The van der Waals surface area contributed by atoms with Crippen LogP contribution in [0.4, 0.5) is 5.69 Å². The van der Waals surface area contributed by atoms with Crippen LogP contribution in [0.3, 0.4) is 0 Å². The van der Waals surface area contributed by atoms with Gasteiger partial charge in [0.25, 0.3) is 11.6 Å². The van der Waals surface area contributed by atoms with Gasteiger partial charge in [-0.3, -0.25) is 14.9 Å². The van der Waals surface area contributed by atoms with E-state index < -0.39 is 10.5 Å². The molecule has 150 valence electrons. The number of non-ortho nitro benzene ring substituents is 1. The molecule has 28 heavy (non-hydrogen) atoms. The summed E-state index contributed by atoms with van der Waals surface area (Å²) in [6.07, 6.45) is 0. The highest BCUT2D eigenvalue weighted by molar-refractivity contribution is 5.84. The molecule has 0 fully saturated rings. The van der Waals surface area contributed by atoms with Gasteiger partial charge in [0, 0.05) is 25.2 Å². The Kier molecular flexibility index (Phi) is 6.94. The number of ether oxygens (including phenoxy) is 2. The summed E-state index contributed by atoms with van der Waals surface area (Å²) in [4.78, 5) is 24.7. The first-order valence-electron chi connectivity index (χ1n) is 8.82. The Morgan fingerprint density at radius 1 is 1.11 bits per heavy atom. The van der Waals surface area contributed by atoms with Crippen molar-refractivity contribution in [3.63, 3.8) is 0 Å². The summed E-state index contributed by atoms with van der Waals surface area (Å²) in [5.41, 5.74) is -1.13. The molecule has 2 rings (SSSR count). The van der Waals surface area contributed by atoms with Crippen LogP contribution < -0.4 is 14.8 Å². The molecule has 8 nitrogen and oxygen atoms in total. The van der Waals surface area contributed by atoms with E-state index >= 15 is 0 Å². The van der Waals surface area contributed by atoms with Gasteiger partial charge in [0.15, 0.2) is 17.1 Å². The van der Waals surface area contributed by atoms with Crippen molar-refractivity contribution in [2.45, 2.75) is 19.4 Å². The summed E-state index contributed by atoms with van der Waals surface area (Å²) in [5, 5.41) is 13.6. The van der Waals surface area contributed by atoms with Gasteiger partial charge in [0.05, 0.1) is 4.92 Å². The van der Waals surface area contributed by atoms with E-state index in [0.717, 1.165) is 6.54 Å². The average Bonchev–Trinajstić information content (AvgIpc) is 2.63. The quantitative estimate of drug-likeness (QED) is 0.524. The van der Waals surface area contributed by atoms with Gasteiger partial charge in [-0.25, -0.2) is 0 Å². The number of hydrogen-bond acceptors (Lipinski definition) is 6. The fourth-order valence-electron chi connectivity index (χ4n) is 2.31. The highest BCUT2D eigenvalue weighted by Gasteiger charge is 2.30. The second-order valence-electron chi connectivity index (χ2n) is 6.97. The Morgan fingerprint density at radius 3 is 2.29 bits per heavy atom. The van der Waals surface area contributed by atoms with Crippen molar-refractivity contribution < 1.29 is 19.2 Å². The van der Waals surface area contributed by atoms with Crippen molar-refractivity contribution in [1.29, 1.82) is 0 Å². The number of nitrogens with zero attached hydrogens (tertiary/aromatic N) is 2. The van der Waals surface area contributed by atoms with Crippen LogP contribution in [0, 0.1) is 10.1 Å². The third kappa shape index (κ3) is 5.95. The summed E-state index contributed by atoms with van der Waals surface area (Å²) in [6.45, 7) is 4.60. The summed E-state index contributed by atoms with van der Waals surface area (Å²) < 4.78 is 11.7. The number of amides is 1. The van der Waals surface area contributed by atoms with Crippen molar-refractivity contribution in [1.82, 2.24) is 10.2 Å². The Bertz CT molecular complexity index is 819. The molecule has 0 unspecified atom stereocenters. The fraction of sp³-hybridized carbons (Fsp3) is 0.350. The van der Waals surface area contributed by atoms with Crippen LogP contribution in [-0.2, 0) is 4.79 Å². The monoisotopic (exact) mass is 387 g/mol. The molecule has 0 heterocycles. The van der Waals surface area contributed by atoms with E-state index in [1.807, 2.05) is 19.0 Å². The van der Waals surface area contributed by atoms with E-state index in [0.29, 0.717) is 23.8 Å². The Morgan fingerprint density at radius 2 is 1.71 bits per heavy atom. The van der Waals surface area contributed by atoms with Gasteiger partial charge in [0.1, 0.15) is 5.75 Å². The largest absolute Gasteiger partial charge is 0.474 e. The van der Waals surface area contributed by atoms with E-state index in [1.54, 1.807) is 38.1 Å². The van der Waals surface area contributed by atoms with Crippen molar-refractivity contribution in [3.05, 3.63) is 58.6 Å². The van der Waals surface area contributed by atoms with Gasteiger partial charge in [-0.1, -0.05) is 12.1 Å². The summed E-state index contributed by atoms with van der Waals surface area (Å²) in [6, 6.07) is 12.7. The molecular formula is C20H25N3O5. The maximum atomic E-state index is 12.5.